The van der Waals surface area contributed by atoms with Crippen molar-refractivity contribution in [1.82, 2.24) is 0 Å². The van der Waals surface area contributed by atoms with Crippen LogP contribution in [0.5, 0.6) is 11.5 Å². The first-order valence-corrected chi connectivity index (χ1v) is 20.5. The molecule has 0 atom stereocenters. The van der Waals surface area contributed by atoms with Crippen molar-refractivity contribution in [3.63, 3.8) is 0 Å². The summed E-state index contributed by atoms with van der Waals surface area (Å²) in [6.45, 7) is 2.78. The van der Waals surface area contributed by atoms with Gasteiger partial charge in [-0.3, -0.25) is 9.59 Å². The summed E-state index contributed by atoms with van der Waals surface area (Å²) in [5.74, 6) is -0.510. The molecule has 0 spiro atoms. The monoisotopic (exact) mass is 840 g/mol. The average molecular weight is 840 g/mol. The Labute approximate surface area is 336 Å². The van der Waals surface area contributed by atoms with Crippen molar-refractivity contribution < 1.29 is 38.5 Å². The first-order chi connectivity index (χ1) is 26.5. The summed E-state index contributed by atoms with van der Waals surface area (Å²) in [5, 5.41) is 10.3. The Morgan fingerprint density at radius 2 is 0.800 bits per heavy atom. The van der Waals surface area contributed by atoms with Crippen LogP contribution in [0.1, 0.15) is 13.8 Å². The van der Waals surface area contributed by atoms with Gasteiger partial charge in [-0.1, -0.05) is 182 Å². The van der Waals surface area contributed by atoms with Gasteiger partial charge in [0, 0.05) is 30.1 Å². The minimum atomic E-state index is -1.41. The summed E-state index contributed by atoms with van der Waals surface area (Å²) in [6.07, 6.45) is 0. The predicted molar refractivity (Wildman–Crippen MR) is 227 cm³/mol. The van der Waals surface area contributed by atoms with E-state index in [1.807, 2.05) is 54.6 Å². The topological polar surface area (TPSA) is 52.6 Å². The first-order valence-electron chi connectivity index (χ1n) is 17.8. The van der Waals surface area contributed by atoms with Gasteiger partial charge in [0.2, 0.25) is 0 Å². The van der Waals surface area contributed by atoms with E-state index in [1.165, 1.54) is 24.5 Å². The molecule has 8 aromatic rings. The molecule has 55 heavy (non-hydrogen) atoms. The van der Waals surface area contributed by atoms with E-state index in [1.54, 1.807) is 0 Å². The molecule has 8 aromatic carbocycles. The minimum Gasteiger partial charge on any atom is -0.422 e. The molecule has 7 heteroatoms. The van der Waals surface area contributed by atoms with Crippen molar-refractivity contribution in [2.45, 2.75) is 13.8 Å². The standard InChI is InChI=1S/C48H36O4P2.Ru/c1-33(49)51-46-42-30-18-17-29-41(42)45(48(47(46)52-34(2)50)54(38-24-11-5-12-25-38)39-26-13-6-14-27-39)44-40-28-16-15-19-35(40)31-32-43(44)53(36-20-7-3-8-21-36)37-22-9-4-10-23-37;/h3-32H,1-2H3;/q;+2. The fraction of sp³-hybridized carbons (Fsp3) is 0.0417. The van der Waals surface area contributed by atoms with E-state index in [4.69, 9.17) is 9.47 Å². The molecule has 4 nitrogen and oxygen atoms in total. The van der Waals surface area contributed by atoms with Crippen LogP contribution in [0.25, 0.3) is 32.7 Å². The summed E-state index contributed by atoms with van der Waals surface area (Å²) in [4.78, 5) is 26.2. The van der Waals surface area contributed by atoms with Crippen LogP contribution in [0.3, 0.4) is 0 Å². The van der Waals surface area contributed by atoms with Crippen LogP contribution in [-0.4, -0.2) is 11.9 Å². The molecule has 0 aliphatic heterocycles. The maximum absolute atomic E-state index is 13.3. The van der Waals surface area contributed by atoms with E-state index >= 15 is 0 Å². The van der Waals surface area contributed by atoms with Gasteiger partial charge in [0.25, 0.3) is 0 Å². The van der Waals surface area contributed by atoms with Crippen molar-refractivity contribution in [3.05, 3.63) is 182 Å². The van der Waals surface area contributed by atoms with E-state index in [-0.39, 0.29) is 31.0 Å². The third-order valence-corrected chi connectivity index (χ3v) is 14.3. The third kappa shape index (κ3) is 7.67. The van der Waals surface area contributed by atoms with Gasteiger partial charge in [-0.05, 0) is 64.1 Å². The summed E-state index contributed by atoms with van der Waals surface area (Å²) >= 11 is 0. The third-order valence-electron chi connectivity index (χ3n) is 9.27. The Balaban J connectivity index is 0.00000465. The molecule has 0 aromatic heterocycles. The number of benzene rings is 8. The second-order valence-corrected chi connectivity index (χ2v) is 17.1. The largest absolute Gasteiger partial charge is 2.00 e. The fourth-order valence-electron chi connectivity index (χ4n) is 7.17. The Morgan fingerprint density at radius 1 is 0.400 bits per heavy atom. The van der Waals surface area contributed by atoms with Crippen LogP contribution in [0, 0.1) is 0 Å². The molecule has 0 bridgehead atoms. The van der Waals surface area contributed by atoms with Gasteiger partial charge >= 0.3 is 31.4 Å². The minimum absolute atomic E-state index is 0. The Hall–Kier alpha value is -5.30. The van der Waals surface area contributed by atoms with Crippen LogP contribution >= 0.6 is 15.8 Å². The maximum atomic E-state index is 13.3. The van der Waals surface area contributed by atoms with Crippen molar-refractivity contribution in [1.29, 1.82) is 0 Å². The quantitative estimate of drug-likeness (QED) is 0.0631. The van der Waals surface area contributed by atoms with E-state index in [0.717, 1.165) is 48.5 Å². The molecule has 0 N–H and O–H groups in total. The van der Waals surface area contributed by atoms with E-state index < -0.39 is 27.8 Å². The molecule has 0 radical (unpaired) electrons. The molecule has 0 aliphatic carbocycles. The fourth-order valence-corrected chi connectivity index (χ4v) is 12.2. The number of hydrogen-bond donors (Lipinski definition) is 0. The number of ether oxygens (including phenoxy) is 2. The molecule has 268 valence electrons. The Kier molecular flexibility index (Phi) is 11.8. The zero-order valence-electron chi connectivity index (χ0n) is 30.2. The number of carbonyl (C=O) groups excluding carboxylic acids is 2. The Bertz CT molecular complexity index is 2540. The van der Waals surface area contributed by atoms with Gasteiger partial charge in [-0.2, -0.15) is 0 Å². The predicted octanol–water partition coefficient (Wildman–Crippen LogP) is 9.02. The zero-order valence-corrected chi connectivity index (χ0v) is 33.7. The van der Waals surface area contributed by atoms with Crippen LogP contribution < -0.4 is 41.3 Å². The average Bonchev–Trinajstić information content (AvgIpc) is 3.21. The maximum Gasteiger partial charge on any atom is 2.00 e. The number of esters is 2. The summed E-state index contributed by atoms with van der Waals surface area (Å²) in [7, 11) is -2.51. The van der Waals surface area contributed by atoms with Gasteiger partial charge in [0.15, 0.2) is 11.5 Å². The van der Waals surface area contributed by atoms with Crippen LogP contribution in [0.15, 0.2) is 182 Å². The molecular weight excluding hydrogens is 804 g/mol. The second-order valence-electron chi connectivity index (χ2n) is 12.8. The molecule has 0 saturated carbocycles. The first kappa shape index (κ1) is 38.0. The Morgan fingerprint density at radius 3 is 1.29 bits per heavy atom. The zero-order chi connectivity index (χ0) is 37.0. The van der Waals surface area contributed by atoms with Gasteiger partial charge in [-0.15, -0.1) is 0 Å². The van der Waals surface area contributed by atoms with Gasteiger partial charge in [0.05, 0.1) is 0 Å². The summed E-state index contributed by atoms with van der Waals surface area (Å²) in [6, 6.07) is 63.1. The summed E-state index contributed by atoms with van der Waals surface area (Å²) in [5.41, 5.74) is 2.00. The van der Waals surface area contributed by atoms with E-state index in [2.05, 4.69) is 127 Å². The van der Waals surface area contributed by atoms with Gasteiger partial charge < -0.3 is 9.47 Å². The molecule has 0 unspecified atom stereocenters. The molecule has 0 heterocycles. The van der Waals surface area contributed by atoms with E-state index in [0.29, 0.717) is 5.39 Å². The van der Waals surface area contributed by atoms with Crippen molar-refractivity contribution >= 4 is 81.2 Å². The van der Waals surface area contributed by atoms with E-state index in [9.17, 15) is 9.59 Å². The molecular formula is C48H36O4P2Ru+2. The van der Waals surface area contributed by atoms with Gasteiger partial charge in [-0.25, -0.2) is 0 Å². The number of rotatable bonds is 9. The second kappa shape index (κ2) is 17.0. The van der Waals surface area contributed by atoms with Crippen molar-refractivity contribution in [3.8, 4) is 22.6 Å². The molecule has 0 amide bonds. The van der Waals surface area contributed by atoms with Crippen LogP contribution in [-0.2, 0) is 29.1 Å². The smallest absolute Gasteiger partial charge is 0.422 e. The number of hydrogen-bond acceptors (Lipinski definition) is 4. The molecule has 0 fully saturated rings. The molecule has 0 aliphatic rings. The molecule has 8 rings (SSSR count). The van der Waals surface area contributed by atoms with Crippen LogP contribution in [0.2, 0.25) is 0 Å². The summed E-state index contributed by atoms with van der Waals surface area (Å²) < 4.78 is 12.5. The SMILES string of the molecule is CC(=O)Oc1c(P(c2ccccc2)c2ccccc2)c(-c2c(P(c3ccccc3)c3ccccc3)ccc3ccccc23)c2ccccc2c1OC(C)=O.[Ru+2]. The van der Waals surface area contributed by atoms with Gasteiger partial charge in [0.1, 0.15) is 0 Å². The molecule has 0 saturated heterocycles. The van der Waals surface area contributed by atoms with Crippen LogP contribution in [0.4, 0.5) is 0 Å². The van der Waals surface area contributed by atoms with Crippen molar-refractivity contribution in [2.75, 3.05) is 0 Å². The number of fused-ring (bicyclic) bond motifs is 2. The normalized spacial score (nSPS) is 11.1. The van der Waals surface area contributed by atoms with Crippen molar-refractivity contribution in [2.24, 2.45) is 0 Å². The number of carbonyl (C=O) groups is 2.